The first-order valence-corrected chi connectivity index (χ1v) is 7.55. The first-order valence-electron chi connectivity index (χ1n) is 4.88. The van der Waals surface area contributed by atoms with Crippen molar-refractivity contribution in [2.45, 2.75) is 23.6 Å². The second kappa shape index (κ2) is 5.82. The molecule has 0 aliphatic rings. The molecule has 1 atom stereocenters. The number of nitro groups is 1. The summed E-state index contributed by atoms with van der Waals surface area (Å²) < 4.78 is 25.0. The normalized spacial score (nSPS) is 13.2. The second-order valence-corrected chi connectivity index (χ2v) is 7.00. The van der Waals surface area contributed by atoms with Crippen LogP contribution in [0.15, 0.2) is 10.3 Å². The minimum absolute atomic E-state index is 0.0375. The van der Waals surface area contributed by atoms with Crippen molar-refractivity contribution in [1.29, 1.82) is 0 Å². The van der Waals surface area contributed by atoms with Crippen LogP contribution in [0.5, 0.6) is 0 Å². The summed E-state index contributed by atoms with van der Waals surface area (Å²) in [5.74, 6) is -1.33. The zero-order valence-corrected chi connectivity index (χ0v) is 11.9. The highest BCUT2D eigenvalue weighted by Crippen LogP contribution is 2.36. The summed E-state index contributed by atoms with van der Waals surface area (Å²) in [5, 5.41) is 19.3. The van der Waals surface area contributed by atoms with Crippen LogP contribution in [0.2, 0.25) is 4.34 Å². The maximum atomic E-state index is 11.8. The van der Waals surface area contributed by atoms with Gasteiger partial charge in [0.15, 0.2) is 4.34 Å². The van der Waals surface area contributed by atoms with Crippen LogP contribution in [0.3, 0.4) is 0 Å². The van der Waals surface area contributed by atoms with Crippen molar-refractivity contribution in [2.75, 3.05) is 0 Å². The van der Waals surface area contributed by atoms with Gasteiger partial charge in [-0.05, 0) is 6.42 Å². The predicted octanol–water partition coefficient (Wildman–Crippen LogP) is 1.45. The Balaban J connectivity index is 3.10. The van der Waals surface area contributed by atoms with Crippen LogP contribution in [0, 0.1) is 10.1 Å². The lowest BCUT2D eigenvalue weighted by Crippen LogP contribution is -2.39. The van der Waals surface area contributed by atoms with Gasteiger partial charge >= 0.3 is 5.97 Å². The van der Waals surface area contributed by atoms with Crippen molar-refractivity contribution in [3.05, 3.63) is 20.5 Å². The molecule has 2 N–H and O–H groups in total. The third-order valence-corrected chi connectivity index (χ3v) is 5.39. The summed E-state index contributed by atoms with van der Waals surface area (Å²) in [6.07, 6.45) is 0.0375. The number of aliphatic carboxylic acids is 1. The number of halogens is 1. The van der Waals surface area contributed by atoms with E-state index in [1.54, 1.807) is 0 Å². The lowest BCUT2D eigenvalue weighted by molar-refractivity contribution is -0.384. The molecular weight excluding hydrogens is 320 g/mol. The highest BCUT2D eigenvalue weighted by atomic mass is 35.5. The molecule has 0 aliphatic heterocycles. The minimum atomic E-state index is -4.15. The van der Waals surface area contributed by atoms with Gasteiger partial charge in [0, 0.05) is 6.07 Å². The number of rotatable bonds is 6. The number of sulfonamides is 1. The Morgan fingerprint density at radius 1 is 1.68 bits per heavy atom. The lowest BCUT2D eigenvalue weighted by Gasteiger charge is -2.10. The molecule has 1 aromatic heterocycles. The Bertz CT molecular complexity index is 611. The van der Waals surface area contributed by atoms with Crippen LogP contribution in [-0.2, 0) is 14.8 Å². The average Bonchev–Trinajstić information content (AvgIpc) is 2.68. The number of nitrogens with zero attached hydrogens (tertiary/aromatic N) is 1. The Morgan fingerprint density at radius 2 is 2.26 bits per heavy atom. The summed E-state index contributed by atoms with van der Waals surface area (Å²) in [6, 6.07) is -0.505. The molecular formula is C8H9ClN2O6S2. The van der Waals surface area contributed by atoms with Gasteiger partial charge in [-0.15, -0.1) is 11.3 Å². The van der Waals surface area contributed by atoms with E-state index in [1.165, 1.54) is 6.92 Å². The standard InChI is InChI=1S/C8H9ClN2O6S2/c1-2-4(8(12)13)10-19(16,17)6-3-5(11(14)15)7(9)18-6/h3-4,10H,2H2,1H3,(H,12,13)/t4-/m0/s1. The molecule has 0 amide bonds. The van der Waals surface area contributed by atoms with Crippen molar-refractivity contribution in [1.82, 2.24) is 4.72 Å². The molecule has 1 heterocycles. The number of nitrogens with one attached hydrogen (secondary N) is 1. The van der Waals surface area contributed by atoms with Gasteiger partial charge in [0.2, 0.25) is 0 Å². The molecule has 0 fully saturated rings. The van der Waals surface area contributed by atoms with E-state index < -0.39 is 36.9 Å². The van der Waals surface area contributed by atoms with Crippen LogP contribution in [0.1, 0.15) is 13.3 Å². The smallest absolute Gasteiger partial charge is 0.321 e. The van der Waals surface area contributed by atoms with E-state index in [2.05, 4.69) is 0 Å². The van der Waals surface area contributed by atoms with E-state index in [-0.39, 0.29) is 10.8 Å². The molecule has 0 saturated heterocycles. The summed E-state index contributed by atoms with van der Waals surface area (Å²) >= 11 is 6.04. The van der Waals surface area contributed by atoms with Gasteiger partial charge in [0.05, 0.1) is 4.92 Å². The van der Waals surface area contributed by atoms with Gasteiger partial charge in [-0.2, -0.15) is 4.72 Å². The molecule has 0 spiro atoms. The van der Waals surface area contributed by atoms with Crippen molar-refractivity contribution < 1.29 is 23.2 Å². The second-order valence-electron chi connectivity index (χ2n) is 3.40. The van der Waals surface area contributed by atoms with Gasteiger partial charge in [-0.1, -0.05) is 18.5 Å². The number of hydrogen-bond acceptors (Lipinski definition) is 6. The Kier molecular flexibility index (Phi) is 4.85. The zero-order chi connectivity index (χ0) is 14.8. The Morgan fingerprint density at radius 3 is 2.63 bits per heavy atom. The number of hydrogen-bond donors (Lipinski definition) is 2. The van der Waals surface area contributed by atoms with E-state index in [4.69, 9.17) is 16.7 Å². The van der Waals surface area contributed by atoms with Crippen LogP contribution in [-0.4, -0.2) is 30.5 Å². The number of carboxylic acid groups (broad SMARTS) is 1. The molecule has 11 heteroatoms. The van der Waals surface area contributed by atoms with E-state index >= 15 is 0 Å². The molecule has 0 bridgehead atoms. The van der Waals surface area contributed by atoms with Crippen LogP contribution >= 0.6 is 22.9 Å². The van der Waals surface area contributed by atoms with Crippen molar-refractivity contribution in [2.24, 2.45) is 0 Å². The largest absolute Gasteiger partial charge is 0.480 e. The third-order valence-electron chi connectivity index (χ3n) is 2.11. The number of carbonyl (C=O) groups is 1. The molecule has 0 aliphatic carbocycles. The zero-order valence-electron chi connectivity index (χ0n) is 9.49. The maximum absolute atomic E-state index is 11.8. The summed E-state index contributed by atoms with van der Waals surface area (Å²) in [4.78, 5) is 20.5. The van der Waals surface area contributed by atoms with Gasteiger partial charge in [0.1, 0.15) is 10.3 Å². The van der Waals surface area contributed by atoms with Gasteiger partial charge < -0.3 is 5.11 Å². The fourth-order valence-electron chi connectivity index (χ4n) is 1.15. The molecule has 106 valence electrons. The molecule has 0 radical (unpaired) electrons. The molecule has 0 saturated carbocycles. The highest BCUT2D eigenvalue weighted by Gasteiger charge is 2.29. The maximum Gasteiger partial charge on any atom is 0.321 e. The lowest BCUT2D eigenvalue weighted by atomic mass is 10.2. The summed E-state index contributed by atoms with van der Waals surface area (Å²) in [7, 11) is -4.15. The van der Waals surface area contributed by atoms with Gasteiger partial charge in [-0.25, -0.2) is 8.42 Å². The monoisotopic (exact) mass is 328 g/mol. The van der Waals surface area contributed by atoms with Crippen LogP contribution in [0.4, 0.5) is 5.69 Å². The highest BCUT2D eigenvalue weighted by molar-refractivity contribution is 7.91. The molecule has 8 nitrogen and oxygen atoms in total. The van der Waals surface area contributed by atoms with Gasteiger partial charge in [-0.3, -0.25) is 14.9 Å². The van der Waals surface area contributed by atoms with Crippen molar-refractivity contribution in [3.63, 3.8) is 0 Å². The molecule has 1 rings (SSSR count). The van der Waals surface area contributed by atoms with Crippen LogP contribution < -0.4 is 4.72 Å². The molecule has 19 heavy (non-hydrogen) atoms. The quantitative estimate of drug-likeness (QED) is 0.601. The first-order chi connectivity index (χ1) is 8.69. The number of carboxylic acids is 1. The van der Waals surface area contributed by atoms with E-state index in [9.17, 15) is 23.3 Å². The fourth-order valence-corrected chi connectivity index (χ4v) is 4.10. The van der Waals surface area contributed by atoms with E-state index in [0.29, 0.717) is 11.3 Å². The topological polar surface area (TPSA) is 127 Å². The van der Waals surface area contributed by atoms with Crippen LogP contribution in [0.25, 0.3) is 0 Å². The number of thiophene rings is 1. The molecule has 0 unspecified atom stereocenters. The molecule has 0 aromatic carbocycles. The first kappa shape index (κ1) is 15.8. The predicted molar refractivity (Wildman–Crippen MR) is 68.0 cm³/mol. The fraction of sp³-hybridized carbons (Fsp3) is 0.375. The molecule has 1 aromatic rings. The summed E-state index contributed by atoms with van der Waals surface area (Å²) in [5.41, 5.74) is -0.532. The summed E-state index contributed by atoms with van der Waals surface area (Å²) in [6.45, 7) is 1.49. The van der Waals surface area contributed by atoms with Crippen molar-refractivity contribution in [3.8, 4) is 0 Å². The third kappa shape index (κ3) is 3.62. The van der Waals surface area contributed by atoms with Crippen molar-refractivity contribution >= 4 is 44.6 Å². The van der Waals surface area contributed by atoms with Gasteiger partial charge in [0.25, 0.3) is 15.7 Å². The minimum Gasteiger partial charge on any atom is -0.480 e. The average molecular weight is 329 g/mol. The Labute approximate surface area is 117 Å². The Hall–Kier alpha value is -1.23. The van der Waals surface area contributed by atoms with E-state index in [0.717, 1.165) is 6.07 Å². The SMILES string of the molecule is CC[C@H](NS(=O)(=O)c1cc([N+](=O)[O-])c(Cl)s1)C(=O)O. The van der Waals surface area contributed by atoms with E-state index in [1.807, 2.05) is 4.72 Å².